The Morgan fingerprint density at radius 2 is 1.75 bits per heavy atom. The Hall–Kier alpha value is -2.89. The van der Waals surface area contributed by atoms with E-state index < -0.39 is 11.9 Å². The second-order valence-corrected chi connectivity index (χ2v) is 4.37. The molecule has 24 heavy (non-hydrogen) atoms. The molecule has 6 nitrogen and oxygen atoms in total. The highest BCUT2D eigenvalue weighted by molar-refractivity contribution is 5.99. The van der Waals surface area contributed by atoms with Gasteiger partial charge < -0.3 is 14.2 Å². The summed E-state index contributed by atoms with van der Waals surface area (Å²) in [6.07, 6.45) is 3.92. The van der Waals surface area contributed by atoms with Crippen molar-refractivity contribution in [3.8, 4) is 0 Å². The van der Waals surface area contributed by atoms with E-state index in [0.717, 1.165) is 5.56 Å². The molecule has 1 rings (SSSR count). The van der Waals surface area contributed by atoms with Crippen LogP contribution in [0.3, 0.4) is 0 Å². The summed E-state index contributed by atoms with van der Waals surface area (Å²) < 4.78 is 15.0. The van der Waals surface area contributed by atoms with Crippen molar-refractivity contribution >= 4 is 17.8 Å². The van der Waals surface area contributed by atoms with E-state index in [-0.39, 0.29) is 12.3 Å². The molecule has 0 saturated heterocycles. The van der Waals surface area contributed by atoms with E-state index in [1.54, 1.807) is 6.92 Å². The number of benzene rings is 1. The molecule has 0 aliphatic rings. The van der Waals surface area contributed by atoms with E-state index in [2.05, 4.69) is 9.73 Å². The molecule has 1 aromatic carbocycles. The van der Waals surface area contributed by atoms with Gasteiger partial charge in [-0.05, 0) is 32.1 Å². The first-order chi connectivity index (χ1) is 11.6. The molecule has 0 aromatic heterocycles. The number of ether oxygens (including phenoxy) is 3. The molecule has 0 aliphatic carbocycles. The first-order valence-corrected chi connectivity index (χ1v) is 7.52. The van der Waals surface area contributed by atoms with Crippen molar-refractivity contribution < 1.29 is 23.8 Å². The summed E-state index contributed by atoms with van der Waals surface area (Å²) in [6.45, 7) is 4.12. The standard InChI is InChI=1S/C18H21NO5/c1-4-23-17(14-10-7-6-8-11-14)19-15(18(21)24-5-2)12-9-13-16(20)22-3/h6-13H,4-5H2,1-3H3/b13-9+,15-12-,19-17?. The van der Waals surface area contributed by atoms with Crippen molar-refractivity contribution in [1.29, 1.82) is 0 Å². The summed E-state index contributed by atoms with van der Waals surface area (Å²) >= 11 is 0. The Labute approximate surface area is 141 Å². The number of hydrogen-bond donors (Lipinski definition) is 0. The minimum Gasteiger partial charge on any atom is -0.478 e. The van der Waals surface area contributed by atoms with Crippen LogP contribution in [0.2, 0.25) is 0 Å². The molecule has 0 bridgehead atoms. The molecule has 0 spiro atoms. The first-order valence-electron chi connectivity index (χ1n) is 7.52. The third-order valence-electron chi connectivity index (χ3n) is 2.70. The number of methoxy groups -OCH3 is 1. The number of nitrogens with zero attached hydrogens (tertiary/aromatic N) is 1. The summed E-state index contributed by atoms with van der Waals surface area (Å²) in [5, 5.41) is 0. The Morgan fingerprint density at radius 1 is 1.08 bits per heavy atom. The van der Waals surface area contributed by atoms with Crippen molar-refractivity contribution in [2.45, 2.75) is 13.8 Å². The van der Waals surface area contributed by atoms with Crippen molar-refractivity contribution in [2.24, 2.45) is 4.99 Å². The molecular formula is C18H21NO5. The molecule has 6 heteroatoms. The van der Waals surface area contributed by atoms with Crippen LogP contribution in [0.4, 0.5) is 0 Å². The lowest BCUT2D eigenvalue weighted by atomic mass is 10.2. The number of hydrogen-bond acceptors (Lipinski definition) is 6. The highest BCUT2D eigenvalue weighted by Gasteiger charge is 2.12. The predicted octanol–water partition coefficient (Wildman–Crippen LogP) is 2.65. The van der Waals surface area contributed by atoms with E-state index in [1.807, 2.05) is 37.3 Å². The molecule has 0 fully saturated rings. The maximum Gasteiger partial charge on any atom is 0.357 e. The SMILES string of the molecule is CCOC(=O)/C(=C/C=C/C(=O)OC)N=C(OCC)c1ccccc1. The lowest BCUT2D eigenvalue weighted by molar-refractivity contribution is -0.138. The quantitative estimate of drug-likeness (QED) is 0.252. The van der Waals surface area contributed by atoms with Gasteiger partial charge in [0, 0.05) is 11.6 Å². The van der Waals surface area contributed by atoms with E-state index in [4.69, 9.17) is 9.47 Å². The fourth-order valence-electron chi connectivity index (χ4n) is 1.65. The van der Waals surface area contributed by atoms with Gasteiger partial charge in [0.1, 0.15) is 0 Å². The van der Waals surface area contributed by atoms with Crippen molar-refractivity contribution in [2.75, 3.05) is 20.3 Å². The van der Waals surface area contributed by atoms with Crippen LogP contribution < -0.4 is 0 Å². The molecule has 0 N–H and O–H groups in total. The second kappa shape index (κ2) is 10.8. The van der Waals surface area contributed by atoms with Crippen LogP contribution in [0.1, 0.15) is 19.4 Å². The average molecular weight is 331 g/mol. The fraction of sp³-hybridized carbons (Fsp3) is 0.278. The Kier molecular flexibility index (Phi) is 8.60. The van der Waals surface area contributed by atoms with Gasteiger partial charge in [-0.1, -0.05) is 24.3 Å². The Morgan fingerprint density at radius 3 is 2.33 bits per heavy atom. The number of carbonyl (C=O) groups is 2. The number of allylic oxidation sites excluding steroid dienone is 2. The number of esters is 2. The van der Waals surface area contributed by atoms with Crippen LogP contribution in [-0.2, 0) is 23.8 Å². The maximum atomic E-state index is 12.1. The van der Waals surface area contributed by atoms with Gasteiger partial charge in [0.25, 0.3) is 0 Å². The first kappa shape index (κ1) is 19.2. The number of carbonyl (C=O) groups excluding carboxylic acids is 2. The molecule has 0 amide bonds. The molecule has 0 radical (unpaired) electrons. The smallest absolute Gasteiger partial charge is 0.357 e. The number of aliphatic imine (C=N–C) groups is 1. The van der Waals surface area contributed by atoms with E-state index >= 15 is 0 Å². The zero-order valence-corrected chi connectivity index (χ0v) is 14.0. The summed E-state index contributed by atoms with van der Waals surface area (Å²) in [4.78, 5) is 27.4. The number of rotatable bonds is 7. The normalized spacial score (nSPS) is 12.1. The summed E-state index contributed by atoms with van der Waals surface area (Å²) in [6, 6.07) is 9.20. The topological polar surface area (TPSA) is 74.2 Å². The molecule has 1 aromatic rings. The van der Waals surface area contributed by atoms with Gasteiger partial charge >= 0.3 is 11.9 Å². The van der Waals surface area contributed by atoms with Gasteiger partial charge in [-0.15, -0.1) is 0 Å². The van der Waals surface area contributed by atoms with Gasteiger partial charge in [-0.2, -0.15) is 0 Å². The van der Waals surface area contributed by atoms with Gasteiger partial charge in [-0.25, -0.2) is 14.6 Å². The van der Waals surface area contributed by atoms with Crippen LogP contribution >= 0.6 is 0 Å². The minimum atomic E-state index is -0.611. The Balaban J connectivity index is 3.19. The molecular weight excluding hydrogens is 310 g/mol. The second-order valence-electron chi connectivity index (χ2n) is 4.37. The van der Waals surface area contributed by atoms with Crippen LogP contribution in [0, 0.1) is 0 Å². The van der Waals surface area contributed by atoms with Crippen molar-refractivity contribution in [3.63, 3.8) is 0 Å². The lowest BCUT2D eigenvalue weighted by Gasteiger charge is -2.09. The molecule has 0 atom stereocenters. The zero-order chi connectivity index (χ0) is 17.8. The molecule has 0 saturated carbocycles. The van der Waals surface area contributed by atoms with Gasteiger partial charge in [0.05, 0.1) is 20.3 Å². The van der Waals surface area contributed by atoms with Crippen LogP contribution in [-0.4, -0.2) is 38.2 Å². The highest BCUT2D eigenvalue weighted by atomic mass is 16.5. The largest absolute Gasteiger partial charge is 0.478 e. The van der Waals surface area contributed by atoms with Gasteiger partial charge in [0.15, 0.2) is 5.70 Å². The Bertz CT molecular complexity index is 632. The third-order valence-corrected chi connectivity index (χ3v) is 2.70. The molecule has 0 aliphatic heterocycles. The van der Waals surface area contributed by atoms with Gasteiger partial charge in [-0.3, -0.25) is 0 Å². The molecule has 0 unspecified atom stereocenters. The molecule has 128 valence electrons. The van der Waals surface area contributed by atoms with Gasteiger partial charge in [0.2, 0.25) is 5.90 Å². The molecule has 0 heterocycles. The lowest BCUT2D eigenvalue weighted by Crippen LogP contribution is -2.12. The van der Waals surface area contributed by atoms with Crippen LogP contribution in [0.5, 0.6) is 0 Å². The van der Waals surface area contributed by atoms with E-state index in [0.29, 0.717) is 12.5 Å². The van der Waals surface area contributed by atoms with Crippen LogP contribution in [0.15, 0.2) is 59.2 Å². The summed E-state index contributed by atoms with van der Waals surface area (Å²) in [5.74, 6) is -0.851. The highest BCUT2D eigenvalue weighted by Crippen LogP contribution is 2.09. The van der Waals surface area contributed by atoms with E-state index in [9.17, 15) is 9.59 Å². The zero-order valence-electron chi connectivity index (χ0n) is 14.0. The predicted molar refractivity (Wildman–Crippen MR) is 90.5 cm³/mol. The maximum absolute atomic E-state index is 12.1. The van der Waals surface area contributed by atoms with Crippen LogP contribution in [0.25, 0.3) is 0 Å². The van der Waals surface area contributed by atoms with E-state index in [1.165, 1.54) is 25.3 Å². The monoisotopic (exact) mass is 331 g/mol. The van der Waals surface area contributed by atoms with Crippen molar-refractivity contribution in [1.82, 2.24) is 0 Å². The third kappa shape index (κ3) is 6.48. The summed E-state index contributed by atoms with van der Waals surface area (Å²) in [7, 11) is 1.27. The summed E-state index contributed by atoms with van der Waals surface area (Å²) in [5.41, 5.74) is 0.746. The fourth-order valence-corrected chi connectivity index (χ4v) is 1.65. The minimum absolute atomic E-state index is 0.0179. The average Bonchev–Trinajstić information content (AvgIpc) is 2.60. The van der Waals surface area contributed by atoms with Crippen molar-refractivity contribution in [3.05, 3.63) is 59.8 Å².